The molecule has 1 amide bonds. The summed E-state index contributed by atoms with van der Waals surface area (Å²) < 4.78 is 0. The van der Waals surface area contributed by atoms with Crippen molar-refractivity contribution in [3.63, 3.8) is 0 Å². The van der Waals surface area contributed by atoms with Crippen LogP contribution >= 0.6 is 23.2 Å². The van der Waals surface area contributed by atoms with E-state index in [9.17, 15) is 4.79 Å². The topological polar surface area (TPSA) is 66.9 Å². The molecule has 7 heteroatoms. The average Bonchev–Trinajstić information content (AvgIpc) is 2.49. The monoisotopic (exact) mass is 324 g/mol. The Morgan fingerprint density at radius 2 is 2.05 bits per heavy atom. The lowest BCUT2D eigenvalue weighted by Gasteiger charge is -2.07. The molecule has 0 saturated heterocycles. The quantitative estimate of drug-likeness (QED) is 0.876. The Morgan fingerprint density at radius 3 is 2.76 bits per heavy atom. The normalized spacial score (nSPS) is 10.2. The molecule has 21 heavy (non-hydrogen) atoms. The molecule has 0 atom stereocenters. The summed E-state index contributed by atoms with van der Waals surface area (Å²) in [6, 6.07) is 4.86. The molecule has 2 rings (SSSR count). The molecule has 2 aromatic rings. The lowest BCUT2D eigenvalue weighted by Crippen LogP contribution is -2.15. The molecule has 0 fully saturated rings. The Kier molecular flexibility index (Phi) is 5.36. The fourth-order valence-corrected chi connectivity index (χ4v) is 1.88. The van der Waals surface area contributed by atoms with E-state index in [2.05, 4.69) is 20.6 Å². The number of amides is 1. The van der Waals surface area contributed by atoms with Crippen LogP contribution in [0.15, 0.2) is 30.6 Å². The van der Waals surface area contributed by atoms with Gasteiger partial charge >= 0.3 is 0 Å². The van der Waals surface area contributed by atoms with Gasteiger partial charge in [0.2, 0.25) is 0 Å². The first kappa shape index (κ1) is 15.5. The maximum atomic E-state index is 12.1. The van der Waals surface area contributed by atoms with Gasteiger partial charge in [0.1, 0.15) is 11.5 Å². The molecule has 0 unspecified atom stereocenters. The predicted molar refractivity (Wildman–Crippen MR) is 85.2 cm³/mol. The van der Waals surface area contributed by atoms with Gasteiger partial charge in [-0.2, -0.15) is 0 Å². The van der Waals surface area contributed by atoms with E-state index in [1.807, 2.05) is 6.92 Å². The van der Waals surface area contributed by atoms with E-state index < -0.39 is 0 Å². The number of halogens is 2. The Balaban J connectivity index is 2.10. The van der Waals surface area contributed by atoms with Gasteiger partial charge in [-0.15, -0.1) is 0 Å². The molecule has 0 radical (unpaired) electrons. The minimum atomic E-state index is -0.360. The van der Waals surface area contributed by atoms with Crippen molar-refractivity contribution < 1.29 is 4.79 Å². The highest BCUT2D eigenvalue weighted by molar-refractivity contribution is 6.42. The summed E-state index contributed by atoms with van der Waals surface area (Å²) in [7, 11) is 0. The zero-order chi connectivity index (χ0) is 15.2. The van der Waals surface area contributed by atoms with Gasteiger partial charge in [-0.1, -0.05) is 30.1 Å². The summed E-state index contributed by atoms with van der Waals surface area (Å²) in [5, 5.41) is 6.58. The van der Waals surface area contributed by atoms with Crippen molar-refractivity contribution >= 4 is 40.6 Å². The first-order chi connectivity index (χ1) is 10.1. The second-order valence-corrected chi connectivity index (χ2v) is 5.11. The number of hydrogen-bond donors (Lipinski definition) is 2. The van der Waals surface area contributed by atoms with Crippen molar-refractivity contribution in [2.75, 3.05) is 17.2 Å². The molecule has 0 bridgehead atoms. The summed E-state index contributed by atoms with van der Waals surface area (Å²) in [6.07, 6.45) is 3.94. The highest BCUT2D eigenvalue weighted by Crippen LogP contribution is 2.25. The smallest absolute Gasteiger partial charge is 0.275 e. The van der Waals surface area contributed by atoms with Crippen LogP contribution < -0.4 is 10.6 Å². The van der Waals surface area contributed by atoms with Crippen LogP contribution in [0.4, 0.5) is 11.5 Å². The Morgan fingerprint density at radius 1 is 1.24 bits per heavy atom. The number of benzene rings is 1. The highest BCUT2D eigenvalue weighted by atomic mass is 35.5. The van der Waals surface area contributed by atoms with Crippen molar-refractivity contribution in [3.05, 3.63) is 46.3 Å². The first-order valence-electron chi connectivity index (χ1n) is 6.42. The molecule has 1 heterocycles. The third-order valence-corrected chi connectivity index (χ3v) is 3.34. The Bertz CT molecular complexity index is 649. The van der Waals surface area contributed by atoms with Gasteiger partial charge in [0.25, 0.3) is 5.91 Å². The molecular formula is C14H14Cl2N4O. The van der Waals surface area contributed by atoms with Crippen molar-refractivity contribution in [2.24, 2.45) is 0 Å². The maximum Gasteiger partial charge on any atom is 0.275 e. The van der Waals surface area contributed by atoms with E-state index in [4.69, 9.17) is 23.2 Å². The summed E-state index contributed by atoms with van der Waals surface area (Å²) >= 11 is 11.7. The van der Waals surface area contributed by atoms with Crippen LogP contribution in [0.25, 0.3) is 0 Å². The molecule has 0 aliphatic carbocycles. The third kappa shape index (κ3) is 4.31. The first-order valence-corrected chi connectivity index (χ1v) is 7.18. The van der Waals surface area contributed by atoms with E-state index in [0.29, 0.717) is 21.6 Å². The number of nitrogens with zero attached hydrogens (tertiary/aromatic N) is 2. The molecule has 0 aliphatic heterocycles. The van der Waals surface area contributed by atoms with Gasteiger partial charge < -0.3 is 10.6 Å². The lowest BCUT2D eigenvalue weighted by molar-refractivity contribution is 0.102. The number of carbonyl (C=O) groups is 1. The Labute approximate surface area is 132 Å². The fourth-order valence-electron chi connectivity index (χ4n) is 1.58. The maximum absolute atomic E-state index is 12.1. The molecule has 0 aliphatic rings. The standard InChI is InChI=1S/C14H14Cl2N4O/c1-2-5-18-13-8-17-7-12(20-13)14(21)19-9-3-4-10(15)11(16)6-9/h3-4,6-8H,2,5H2,1H3,(H,18,20)(H,19,21). The molecule has 5 nitrogen and oxygen atoms in total. The van der Waals surface area contributed by atoms with Crippen molar-refractivity contribution in [3.8, 4) is 0 Å². The van der Waals surface area contributed by atoms with Crippen LogP contribution in [0.5, 0.6) is 0 Å². The third-order valence-electron chi connectivity index (χ3n) is 2.60. The van der Waals surface area contributed by atoms with Crippen molar-refractivity contribution in [1.29, 1.82) is 0 Å². The highest BCUT2D eigenvalue weighted by Gasteiger charge is 2.10. The molecule has 1 aromatic carbocycles. The number of aromatic nitrogens is 2. The van der Waals surface area contributed by atoms with Gasteiger partial charge in [-0.3, -0.25) is 9.78 Å². The average molecular weight is 325 g/mol. The Hall–Kier alpha value is -1.85. The predicted octanol–water partition coefficient (Wildman–Crippen LogP) is 3.86. The molecular weight excluding hydrogens is 311 g/mol. The number of anilines is 2. The minimum Gasteiger partial charge on any atom is -0.369 e. The van der Waals surface area contributed by atoms with Gasteiger partial charge in [0.05, 0.1) is 22.4 Å². The fraction of sp³-hybridized carbons (Fsp3) is 0.214. The second kappa shape index (κ2) is 7.24. The van der Waals surface area contributed by atoms with Crippen LogP contribution in [0, 0.1) is 0 Å². The molecule has 1 aromatic heterocycles. The van der Waals surface area contributed by atoms with Crippen LogP contribution in [0.3, 0.4) is 0 Å². The molecule has 0 saturated carbocycles. The zero-order valence-corrected chi connectivity index (χ0v) is 12.9. The number of nitrogens with one attached hydrogen (secondary N) is 2. The van der Waals surface area contributed by atoms with Crippen LogP contribution in [-0.2, 0) is 0 Å². The zero-order valence-electron chi connectivity index (χ0n) is 11.4. The van der Waals surface area contributed by atoms with E-state index in [0.717, 1.165) is 13.0 Å². The number of hydrogen-bond acceptors (Lipinski definition) is 4. The van der Waals surface area contributed by atoms with Crippen LogP contribution in [-0.4, -0.2) is 22.4 Å². The van der Waals surface area contributed by atoms with E-state index in [1.54, 1.807) is 24.4 Å². The van der Waals surface area contributed by atoms with Crippen molar-refractivity contribution in [2.45, 2.75) is 13.3 Å². The molecule has 110 valence electrons. The van der Waals surface area contributed by atoms with E-state index in [1.165, 1.54) is 6.20 Å². The van der Waals surface area contributed by atoms with E-state index >= 15 is 0 Å². The SMILES string of the molecule is CCCNc1cncc(C(=O)Nc2ccc(Cl)c(Cl)c2)n1. The summed E-state index contributed by atoms with van der Waals surface area (Å²) in [4.78, 5) is 20.3. The molecule has 0 spiro atoms. The van der Waals surface area contributed by atoms with Gasteiger partial charge in [0.15, 0.2) is 0 Å². The summed E-state index contributed by atoms with van der Waals surface area (Å²) in [5.41, 5.74) is 0.769. The number of carbonyl (C=O) groups excluding carboxylic acids is 1. The van der Waals surface area contributed by atoms with Crippen LogP contribution in [0.1, 0.15) is 23.8 Å². The van der Waals surface area contributed by atoms with E-state index in [-0.39, 0.29) is 11.6 Å². The second-order valence-electron chi connectivity index (χ2n) is 4.30. The van der Waals surface area contributed by atoms with Crippen LogP contribution in [0.2, 0.25) is 10.0 Å². The van der Waals surface area contributed by atoms with Gasteiger partial charge in [-0.05, 0) is 24.6 Å². The molecule has 2 N–H and O–H groups in total. The van der Waals surface area contributed by atoms with Crippen molar-refractivity contribution in [1.82, 2.24) is 9.97 Å². The van der Waals surface area contributed by atoms with Gasteiger partial charge in [0, 0.05) is 12.2 Å². The largest absolute Gasteiger partial charge is 0.369 e. The lowest BCUT2D eigenvalue weighted by atomic mass is 10.3. The summed E-state index contributed by atoms with van der Waals surface area (Å²) in [6.45, 7) is 2.81. The summed E-state index contributed by atoms with van der Waals surface area (Å²) in [5.74, 6) is 0.208. The number of rotatable bonds is 5. The minimum absolute atomic E-state index is 0.224. The van der Waals surface area contributed by atoms with Gasteiger partial charge in [-0.25, -0.2) is 4.98 Å².